The van der Waals surface area contributed by atoms with Crippen molar-refractivity contribution in [2.24, 2.45) is 5.41 Å². The van der Waals surface area contributed by atoms with Gasteiger partial charge in [-0.2, -0.15) is 0 Å². The summed E-state index contributed by atoms with van der Waals surface area (Å²) in [6, 6.07) is 1.81. The number of amides is 1. The lowest BCUT2D eigenvalue weighted by Crippen LogP contribution is -2.29. The van der Waals surface area contributed by atoms with Crippen molar-refractivity contribution in [2.45, 2.75) is 39.2 Å². The van der Waals surface area contributed by atoms with Gasteiger partial charge in [-0.3, -0.25) is 4.79 Å². The van der Waals surface area contributed by atoms with E-state index in [1.807, 2.05) is 19.9 Å². The number of furan rings is 1. The molecule has 0 aromatic carbocycles. The topological polar surface area (TPSA) is 53.7 Å². The van der Waals surface area contributed by atoms with Crippen LogP contribution in [0.5, 0.6) is 0 Å². The van der Waals surface area contributed by atoms with Crippen LogP contribution in [0, 0.1) is 12.3 Å². The van der Waals surface area contributed by atoms with Gasteiger partial charge in [0.05, 0.1) is 6.10 Å². The maximum absolute atomic E-state index is 12.3. The van der Waals surface area contributed by atoms with Gasteiger partial charge in [0.25, 0.3) is 5.91 Å². The fourth-order valence-corrected chi connectivity index (χ4v) is 2.89. The number of aliphatic hydroxyl groups is 1. The highest BCUT2D eigenvalue weighted by Crippen LogP contribution is 2.52. The highest BCUT2D eigenvalue weighted by molar-refractivity contribution is 5.92. The first kappa shape index (κ1) is 11.8. The normalized spacial score (nSPS) is 24.8. The molecule has 18 heavy (non-hydrogen) atoms. The maximum atomic E-state index is 12.3. The Morgan fingerprint density at radius 2 is 2.33 bits per heavy atom. The lowest BCUT2D eigenvalue weighted by Gasteiger charge is -2.13. The first-order valence-electron chi connectivity index (χ1n) is 6.62. The number of rotatable bonds is 2. The van der Waals surface area contributed by atoms with Crippen molar-refractivity contribution in [3.05, 3.63) is 23.2 Å². The molecule has 1 aliphatic carbocycles. The van der Waals surface area contributed by atoms with Crippen molar-refractivity contribution >= 4 is 5.91 Å². The van der Waals surface area contributed by atoms with E-state index in [1.54, 1.807) is 4.90 Å². The van der Waals surface area contributed by atoms with E-state index in [1.165, 1.54) is 0 Å². The number of nitrogens with zero attached hydrogens (tertiary/aromatic N) is 1. The summed E-state index contributed by atoms with van der Waals surface area (Å²) in [5.74, 6) is 1.20. The molecular formula is C14H19NO3. The summed E-state index contributed by atoms with van der Waals surface area (Å²) in [5.41, 5.74) is 1.03. The fraction of sp³-hybridized carbons (Fsp3) is 0.643. The molecule has 1 spiro atoms. The predicted octanol–water partition coefficient (Wildman–Crippen LogP) is 1.75. The third kappa shape index (κ3) is 1.67. The molecule has 1 unspecified atom stereocenters. The van der Waals surface area contributed by atoms with Crippen LogP contribution in [-0.2, 0) is 6.42 Å². The summed E-state index contributed by atoms with van der Waals surface area (Å²) in [6.45, 7) is 5.09. The van der Waals surface area contributed by atoms with E-state index in [2.05, 4.69) is 0 Å². The van der Waals surface area contributed by atoms with Gasteiger partial charge in [-0.1, -0.05) is 6.92 Å². The number of carbonyl (C=O) groups excluding carboxylic acids is 1. The minimum Gasteiger partial charge on any atom is -0.456 e. The van der Waals surface area contributed by atoms with E-state index < -0.39 is 0 Å². The Morgan fingerprint density at radius 3 is 2.83 bits per heavy atom. The average Bonchev–Trinajstić information content (AvgIpc) is 2.92. The number of aliphatic hydroxyl groups excluding tert-OH is 1. The molecule has 0 bridgehead atoms. The number of carbonyl (C=O) groups is 1. The predicted molar refractivity (Wildman–Crippen MR) is 66.4 cm³/mol. The molecule has 3 rings (SSSR count). The molecule has 4 nitrogen and oxygen atoms in total. The molecule has 2 heterocycles. The Hall–Kier alpha value is -1.29. The Bertz CT molecular complexity index is 487. The summed E-state index contributed by atoms with van der Waals surface area (Å²) in [6.07, 6.45) is 2.51. The molecule has 1 atom stereocenters. The van der Waals surface area contributed by atoms with Crippen molar-refractivity contribution in [1.82, 2.24) is 4.90 Å². The molecule has 1 N–H and O–H groups in total. The minimum absolute atomic E-state index is 0.00485. The second-order valence-corrected chi connectivity index (χ2v) is 5.63. The monoisotopic (exact) mass is 249 g/mol. The zero-order valence-corrected chi connectivity index (χ0v) is 10.9. The molecule has 1 amide bonds. The van der Waals surface area contributed by atoms with Gasteiger partial charge >= 0.3 is 0 Å². The van der Waals surface area contributed by atoms with Crippen LogP contribution in [0.3, 0.4) is 0 Å². The van der Waals surface area contributed by atoms with Crippen molar-refractivity contribution in [1.29, 1.82) is 0 Å². The van der Waals surface area contributed by atoms with Crippen LogP contribution in [0.15, 0.2) is 10.5 Å². The van der Waals surface area contributed by atoms with Gasteiger partial charge in [-0.15, -0.1) is 0 Å². The number of aryl methyl sites for hydroxylation is 2. The SMILES string of the molecule is CCc1oc(C(=O)N2CC(O)C3(CC3)C2)cc1C. The van der Waals surface area contributed by atoms with Gasteiger partial charge in [-0.25, -0.2) is 0 Å². The van der Waals surface area contributed by atoms with E-state index in [9.17, 15) is 9.90 Å². The molecular weight excluding hydrogens is 230 g/mol. The van der Waals surface area contributed by atoms with Crippen molar-refractivity contribution in [3.63, 3.8) is 0 Å². The van der Waals surface area contributed by atoms with Gasteiger partial charge in [-0.05, 0) is 31.4 Å². The third-order valence-electron chi connectivity index (χ3n) is 4.34. The molecule has 2 fully saturated rings. The summed E-state index contributed by atoms with van der Waals surface area (Å²) >= 11 is 0. The fourth-order valence-electron chi connectivity index (χ4n) is 2.89. The zero-order valence-electron chi connectivity index (χ0n) is 10.9. The number of likely N-dealkylation sites (tertiary alicyclic amines) is 1. The Morgan fingerprint density at radius 1 is 1.61 bits per heavy atom. The van der Waals surface area contributed by atoms with Crippen molar-refractivity contribution in [3.8, 4) is 0 Å². The Labute approximate surface area is 107 Å². The zero-order chi connectivity index (χ0) is 12.9. The van der Waals surface area contributed by atoms with Gasteiger partial charge < -0.3 is 14.4 Å². The molecule has 0 radical (unpaired) electrons. The molecule has 1 aliphatic heterocycles. The molecule has 1 saturated carbocycles. The third-order valence-corrected chi connectivity index (χ3v) is 4.34. The van der Waals surface area contributed by atoms with E-state index in [4.69, 9.17) is 4.42 Å². The van der Waals surface area contributed by atoms with E-state index in [0.717, 1.165) is 30.6 Å². The van der Waals surface area contributed by atoms with Gasteiger partial charge in [0.15, 0.2) is 5.76 Å². The van der Waals surface area contributed by atoms with Crippen LogP contribution < -0.4 is 0 Å². The van der Waals surface area contributed by atoms with Crippen molar-refractivity contribution in [2.75, 3.05) is 13.1 Å². The molecule has 1 aromatic heterocycles. The molecule has 1 aromatic rings. The van der Waals surface area contributed by atoms with Gasteiger partial charge in [0, 0.05) is 24.9 Å². The lowest BCUT2D eigenvalue weighted by molar-refractivity contribution is 0.0731. The highest BCUT2D eigenvalue weighted by Gasteiger charge is 2.55. The van der Waals surface area contributed by atoms with Crippen LogP contribution in [0.2, 0.25) is 0 Å². The highest BCUT2D eigenvalue weighted by atomic mass is 16.4. The first-order valence-corrected chi connectivity index (χ1v) is 6.62. The Balaban J connectivity index is 1.78. The quantitative estimate of drug-likeness (QED) is 0.868. The van der Waals surface area contributed by atoms with Gasteiger partial charge in [0.1, 0.15) is 5.76 Å². The average molecular weight is 249 g/mol. The van der Waals surface area contributed by atoms with E-state index in [-0.39, 0.29) is 17.4 Å². The van der Waals surface area contributed by atoms with E-state index in [0.29, 0.717) is 18.8 Å². The number of hydrogen-bond acceptors (Lipinski definition) is 3. The summed E-state index contributed by atoms with van der Waals surface area (Å²) < 4.78 is 5.59. The minimum atomic E-state index is -0.358. The van der Waals surface area contributed by atoms with Crippen LogP contribution >= 0.6 is 0 Å². The summed E-state index contributed by atoms with van der Waals surface area (Å²) in [4.78, 5) is 14.0. The summed E-state index contributed by atoms with van der Waals surface area (Å²) in [5, 5.41) is 9.97. The van der Waals surface area contributed by atoms with Crippen LogP contribution in [0.1, 0.15) is 41.6 Å². The molecule has 98 valence electrons. The van der Waals surface area contributed by atoms with Crippen LogP contribution in [0.25, 0.3) is 0 Å². The molecule has 1 saturated heterocycles. The maximum Gasteiger partial charge on any atom is 0.289 e. The molecule has 4 heteroatoms. The Kier molecular flexibility index (Phi) is 2.52. The van der Waals surface area contributed by atoms with Crippen molar-refractivity contribution < 1.29 is 14.3 Å². The first-order chi connectivity index (χ1) is 8.55. The smallest absolute Gasteiger partial charge is 0.289 e. The second-order valence-electron chi connectivity index (χ2n) is 5.63. The summed E-state index contributed by atoms with van der Waals surface area (Å²) in [7, 11) is 0. The van der Waals surface area contributed by atoms with Crippen LogP contribution in [-0.4, -0.2) is 35.1 Å². The van der Waals surface area contributed by atoms with Crippen LogP contribution in [0.4, 0.5) is 0 Å². The lowest BCUT2D eigenvalue weighted by atomic mass is 10.0. The molecule has 2 aliphatic rings. The number of β-amino-alcohol motifs (C(OH)–C–C–N with tert-alkyl or cyclic N) is 1. The second kappa shape index (κ2) is 3.85. The number of hydrogen-bond donors (Lipinski definition) is 1. The van der Waals surface area contributed by atoms with Gasteiger partial charge in [0.2, 0.25) is 0 Å². The standard InChI is InChI=1S/C14H19NO3/c1-3-10-9(2)6-11(18-10)13(17)15-7-12(16)14(8-15)4-5-14/h6,12,16H,3-5,7-8H2,1-2H3. The largest absolute Gasteiger partial charge is 0.456 e. The van der Waals surface area contributed by atoms with E-state index >= 15 is 0 Å².